The van der Waals surface area contributed by atoms with Crippen molar-refractivity contribution in [3.05, 3.63) is 47.0 Å². The van der Waals surface area contributed by atoms with Crippen LogP contribution in [0.15, 0.2) is 30.6 Å². The summed E-state index contributed by atoms with van der Waals surface area (Å²) in [5.41, 5.74) is 2.24. The molecule has 2 aromatic rings. The second-order valence-electron chi connectivity index (χ2n) is 5.01. The number of imidazole rings is 1. The largest absolute Gasteiger partial charge is 0.310 e. The van der Waals surface area contributed by atoms with Crippen LogP contribution in [-0.2, 0) is 13.0 Å². The quantitative estimate of drug-likeness (QED) is 0.907. The van der Waals surface area contributed by atoms with Gasteiger partial charge in [-0.3, -0.25) is 0 Å². The first-order valence-corrected chi connectivity index (χ1v) is 7.20. The van der Waals surface area contributed by atoms with E-state index in [1.54, 1.807) is 0 Å². The van der Waals surface area contributed by atoms with Crippen LogP contribution in [0.1, 0.15) is 31.2 Å². The zero-order valence-electron chi connectivity index (χ0n) is 11.1. The summed E-state index contributed by atoms with van der Waals surface area (Å²) in [6, 6.07) is 6.98. The minimum Gasteiger partial charge on any atom is -0.310 e. The highest BCUT2D eigenvalue weighted by molar-refractivity contribution is 6.32. The number of aryl methyl sites for hydroxylation is 1. The zero-order valence-corrected chi connectivity index (χ0v) is 11.8. The van der Waals surface area contributed by atoms with Gasteiger partial charge in [0.25, 0.3) is 0 Å². The van der Waals surface area contributed by atoms with Crippen LogP contribution in [0.25, 0.3) is 5.69 Å². The van der Waals surface area contributed by atoms with Gasteiger partial charge in [-0.25, -0.2) is 4.98 Å². The summed E-state index contributed by atoms with van der Waals surface area (Å²) in [6.07, 6.45) is 7.29. The number of benzene rings is 1. The van der Waals surface area contributed by atoms with E-state index >= 15 is 0 Å². The van der Waals surface area contributed by atoms with Crippen molar-refractivity contribution in [3.8, 4) is 5.69 Å². The minimum absolute atomic E-state index is 0.721. The van der Waals surface area contributed by atoms with Crippen LogP contribution in [0.3, 0.4) is 0 Å². The van der Waals surface area contributed by atoms with Crippen LogP contribution in [0.2, 0.25) is 5.02 Å². The van der Waals surface area contributed by atoms with Crippen molar-refractivity contribution >= 4 is 11.6 Å². The molecule has 100 valence electrons. The molecule has 1 N–H and O–H groups in total. The summed E-state index contributed by atoms with van der Waals surface area (Å²) in [6.45, 7) is 3.00. The van der Waals surface area contributed by atoms with Crippen LogP contribution < -0.4 is 5.32 Å². The molecule has 0 saturated heterocycles. The average molecular weight is 276 g/mol. The normalized spacial score (nSPS) is 14.8. The van der Waals surface area contributed by atoms with E-state index in [-0.39, 0.29) is 0 Å². The Hall–Kier alpha value is -1.32. The topological polar surface area (TPSA) is 29.9 Å². The van der Waals surface area contributed by atoms with Gasteiger partial charge in [0.1, 0.15) is 5.82 Å². The summed E-state index contributed by atoms with van der Waals surface area (Å²) in [5.74, 6) is 1.03. The number of hydrogen-bond acceptors (Lipinski definition) is 2. The molecule has 3 rings (SSSR count). The lowest BCUT2D eigenvalue weighted by atomic mass is 10.2. The molecule has 0 amide bonds. The van der Waals surface area contributed by atoms with Gasteiger partial charge in [0.2, 0.25) is 0 Å². The Labute approximate surface area is 118 Å². The Morgan fingerprint density at radius 1 is 1.42 bits per heavy atom. The van der Waals surface area contributed by atoms with Crippen molar-refractivity contribution in [1.29, 1.82) is 0 Å². The summed E-state index contributed by atoms with van der Waals surface area (Å²) in [4.78, 5) is 4.33. The fourth-order valence-corrected chi connectivity index (χ4v) is 2.51. The maximum Gasteiger partial charge on any atom is 0.112 e. The monoisotopic (exact) mass is 275 g/mol. The van der Waals surface area contributed by atoms with Gasteiger partial charge in [0.15, 0.2) is 0 Å². The molecule has 0 bridgehead atoms. The predicted molar refractivity (Wildman–Crippen MR) is 77.8 cm³/mol. The van der Waals surface area contributed by atoms with Crippen LogP contribution in [0, 0.1) is 0 Å². The predicted octanol–water partition coefficient (Wildman–Crippen LogP) is 3.34. The van der Waals surface area contributed by atoms with E-state index in [0.717, 1.165) is 35.5 Å². The third kappa shape index (κ3) is 2.82. The number of rotatable bonds is 5. The van der Waals surface area contributed by atoms with Crippen LogP contribution in [-0.4, -0.2) is 15.6 Å². The number of nitrogens with one attached hydrogen (secondary N) is 1. The molecule has 4 heteroatoms. The van der Waals surface area contributed by atoms with Gasteiger partial charge in [-0.2, -0.15) is 0 Å². The first-order valence-electron chi connectivity index (χ1n) is 6.82. The van der Waals surface area contributed by atoms with Crippen molar-refractivity contribution in [2.24, 2.45) is 0 Å². The molecule has 1 aliphatic rings. The van der Waals surface area contributed by atoms with Crippen molar-refractivity contribution in [2.75, 3.05) is 0 Å². The molecule has 1 saturated carbocycles. The molecule has 0 aliphatic heterocycles. The molecule has 3 nitrogen and oxygen atoms in total. The summed E-state index contributed by atoms with van der Waals surface area (Å²) in [5, 5.41) is 4.28. The van der Waals surface area contributed by atoms with E-state index in [4.69, 9.17) is 11.6 Å². The molecular formula is C15H18ClN3. The number of halogens is 1. The highest BCUT2D eigenvalue weighted by Crippen LogP contribution is 2.24. The zero-order chi connectivity index (χ0) is 13.2. The smallest absolute Gasteiger partial charge is 0.112 e. The van der Waals surface area contributed by atoms with Gasteiger partial charge < -0.3 is 9.88 Å². The maximum absolute atomic E-state index is 6.40. The number of nitrogens with zero attached hydrogens (tertiary/aromatic N) is 2. The SMILES string of the molecule is CCc1nccn1-c1ccc(CNC2CC2)cc1Cl. The standard InChI is InChI=1S/C15H18ClN3/c1-2-15-17-7-8-19(15)14-6-3-11(9-13(14)16)10-18-12-4-5-12/h3,6-9,12,18H,2,4-5,10H2,1H3. The Morgan fingerprint density at radius 2 is 2.26 bits per heavy atom. The van der Waals surface area contributed by atoms with Crippen molar-refractivity contribution in [3.63, 3.8) is 0 Å². The molecule has 1 aliphatic carbocycles. The average Bonchev–Trinajstić information content (AvgIpc) is 3.13. The van der Waals surface area contributed by atoms with E-state index in [1.807, 2.05) is 18.5 Å². The Morgan fingerprint density at radius 3 is 2.95 bits per heavy atom. The first-order chi connectivity index (χ1) is 9.28. The summed E-state index contributed by atoms with van der Waals surface area (Å²) < 4.78 is 2.06. The van der Waals surface area contributed by atoms with Crippen LogP contribution >= 0.6 is 11.6 Å². The maximum atomic E-state index is 6.40. The molecule has 0 unspecified atom stereocenters. The summed E-state index contributed by atoms with van der Waals surface area (Å²) in [7, 11) is 0. The van der Waals surface area contributed by atoms with Crippen LogP contribution in [0.5, 0.6) is 0 Å². The fourth-order valence-electron chi connectivity index (χ4n) is 2.22. The molecule has 0 radical (unpaired) electrons. The molecule has 1 fully saturated rings. The number of aromatic nitrogens is 2. The highest BCUT2D eigenvalue weighted by atomic mass is 35.5. The van der Waals surface area contributed by atoms with Gasteiger partial charge in [-0.1, -0.05) is 24.6 Å². The molecule has 1 aromatic heterocycles. The Balaban J connectivity index is 1.82. The van der Waals surface area contributed by atoms with Gasteiger partial charge in [0, 0.05) is 31.4 Å². The van der Waals surface area contributed by atoms with E-state index < -0.39 is 0 Å². The van der Waals surface area contributed by atoms with Crippen molar-refractivity contribution < 1.29 is 0 Å². The minimum atomic E-state index is 0.721. The van der Waals surface area contributed by atoms with Crippen LogP contribution in [0.4, 0.5) is 0 Å². The lowest BCUT2D eigenvalue weighted by Gasteiger charge is -2.11. The Bertz CT molecular complexity index is 573. The lowest BCUT2D eigenvalue weighted by Crippen LogP contribution is -2.15. The second-order valence-corrected chi connectivity index (χ2v) is 5.42. The third-order valence-corrected chi connectivity index (χ3v) is 3.78. The van der Waals surface area contributed by atoms with E-state index in [9.17, 15) is 0 Å². The summed E-state index contributed by atoms with van der Waals surface area (Å²) >= 11 is 6.40. The molecule has 0 atom stereocenters. The van der Waals surface area contributed by atoms with E-state index in [2.05, 4.69) is 33.9 Å². The van der Waals surface area contributed by atoms with E-state index in [1.165, 1.54) is 18.4 Å². The molecule has 1 heterocycles. The molecule has 19 heavy (non-hydrogen) atoms. The number of hydrogen-bond donors (Lipinski definition) is 1. The van der Waals surface area contributed by atoms with Crippen molar-refractivity contribution in [1.82, 2.24) is 14.9 Å². The first kappa shape index (κ1) is 12.7. The van der Waals surface area contributed by atoms with Gasteiger partial charge in [-0.05, 0) is 30.5 Å². The molecule has 0 spiro atoms. The third-order valence-electron chi connectivity index (χ3n) is 3.48. The van der Waals surface area contributed by atoms with Gasteiger partial charge in [-0.15, -0.1) is 0 Å². The highest BCUT2D eigenvalue weighted by Gasteiger charge is 2.20. The Kier molecular flexibility index (Phi) is 3.58. The van der Waals surface area contributed by atoms with Gasteiger partial charge >= 0.3 is 0 Å². The lowest BCUT2D eigenvalue weighted by molar-refractivity contribution is 0.687. The van der Waals surface area contributed by atoms with E-state index in [0.29, 0.717) is 0 Å². The fraction of sp³-hybridized carbons (Fsp3) is 0.400. The molecule has 1 aromatic carbocycles. The van der Waals surface area contributed by atoms with Crippen molar-refractivity contribution in [2.45, 2.75) is 38.8 Å². The second kappa shape index (κ2) is 5.35. The van der Waals surface area contributed by atoms with Gasteiger partial charge in [0.05, 0.1) is 10.7 Å². The molecular weight excluding hydrogens is 258 g/mol.